The molecular weight excluding hydrogens is 262 g/mol. The molecule has 1 aromatic carbocycles. The van der Waals surface area contributed by atoms with E-state index in [2.05, 4.69) is 4.98 Å². The van der Waals surface area contributed by atoms with Gasteiger partial charge in [0.1, 0.15) is 0 Å². The number of amides is 1. The van der Waals surface area contributed by atoms with Crippen LogP contribution >= 0.6 is 0 Å². The Labute approximate surface area is 125 Å². The van der Waals surface area contributed by atoms with Crippen molar-refractivity contribution in [2.75, 3.05) is 5.73 Å². The van der Waals surface area contributed by atoms with E-state index in [1.165, 1.54) is 0 Å². The Bertz CT molecular complexity index is 637. The second kappa shape index (κ2) is 6.39. The van der Waals surface area contributed by atoms with Crippen molar-refractivity contribution in [3.63, 3.8) is 0 Å². The van der Waals surface area contributed by atoms with E-state index in [-0.39, 0.29) is 11.9 Å². The molecule has 2 N–H and O–H groups in total. The highest BCUT2D eigenvalue weighted by Gasteiger charge is 2.19. The summed E-state index contributed by atoms with van der Waals surface area (Å²) in [6.45, 7) is 6.48. The number of rotatable bonds is 4. The Morgan fingerprint density at radius 1 is 1.29 bits per heavy atom. The van der Waals surface area contributed by atoms with Crippen LogP contribution in [0.15, 0.2) is 42.7 Å². The van der Waals surface area contributed by atoms with Crippen LogP contribution in [0.4, 0.5) is 5.69 Å². The Balaban J connectivity index is 2.25. The number of carbonyl (C=O) groups is 1. The van der Waals surface area contributed by atoms with Crippen LogP contribution in [0, 0.1) is 6.92 Å². The fourth-order valence-electron chi connectivity index (χ4n) is 2.21. The average Bonchev–Trinajstić information content (AvgIpc) is 2.44. The van der Waals surface area contributed by atoms with Crippen molar-refractivity contribution in [2.24, 2.45) is 0 Å². The van der Waals surface area contributed by atoms with E-state index in [4.69, 9.17) is 5.73 Å². The van der Waals surface area contributed by atoms with Crippen molar-refractivity contribution >= 4 is 11.6 Å². The van der Waals surface area contributed by atoms with Crippen LogP contribution in [0.25, 0.3) is 0 Å². The molecule has 1 amide bonds. The summed E-state index contributed by atoms with van der Waals surface area (Å²) in [5.41, 5.74) is 9.14. The van der Waals surface area contributed by atoms with E-state index in [1.54, 1.807) is 12.4 Å². The number of aryl methyl sites for hydroxylation is 1. The largest absolute Gasteiger partial charge is 0.399 e. The summed E-state index contributed by atoms with van der Waals surface area (Å²) in [7, 11) is 0. The van der Waals surface area contributed by atoms with E-state index in [9.17, 15) is 4.79 Å². The molecule has 0 saturated carbocycles. The predicted octanol–water partition coefficient (Wildman–Crippen LogP) is 3.02. The summed E-state index contributed by atoms with van der Waals surface area (Å²) in [4.78, 5) is 18.6. The Morgan fingerprint density at radius 3 is 2.67 bits per heavy atom. The fraction of sp³-hybridized carbons (Fsp3) is 0.294. The summed E-state index contributed by atoms with van der Waals surface area (Å²) in [5.74, 6) is -0.0105. The third-order valence-corrected chi connectivity index (χ3v) is 3.31. The van der Waals surface area contributed by atoms with Crippen molar-refractivity contribution < 1.29 is 4.79 Å². The van der Waals surface area contributed by atoms with E-state index in [0.29, 0.717) is 17.8 Å². The molecule has 0 aliphatic carbocycles. The number of carbonyl (C=O) groups excluding carboxylic acids is 1. The number of hydrogen-bond donors (Lipinski definition) is 1. The van der Waals surface area contributed by atoms with Gasteiger partial charge in [-0.05, 0) is 50.1 Å². The zero-order valence-corrected chi connectivity index (χ0v) is 12.7. The highest BCUT2D eigenvalue weighted by Crippen LogP contribution is 2.15. The molecule has 0 atom stereocenters. The average molecular weight is 283 g/mol. The fourth-order valence-corrected chi connectivity index (χ4v) is 2.21. The lowest BCUT2D eigenvalue weighted by molar-refractivity contribution is 0.0690. The Morgan fingerprint density at radius 2 is 2.05 bits per heavy atom. The number of nitrogens with two attached hydrogens (primary N) is 1. The van der Waals surface area contributed by atoms with Crippen molar-refractivity contribution in [1.82, 2.24) is 9.88 Å². The first-order valence-electron chi connectivity index (χ1n) is 7.04. The Hall–Kier alpha value is -2.36. The summed E-state index contributed by atoms with van der Waals surface area (Å²) in [6.07, 6.45) is 3.36. The molecule has 110 valence electrons. The first-order chi connectivity index (χ1) is 9.97. The molecule has 0 aliphatic rings. The molecule has 4 nitrogen and oxygen atoms in total. The SMILES string of the molecule is Cc1cncc(C(=O)N(Cc2cccc(N)c2)C(C)C)c1. The first-order valence-corrected chi connectivity index (χ1v) is 7.04. The Kier molecular flexibility index (Phi) is 4.58. The number of pyridine rings is 1. The highest BCUT2D eigenvalue weighted by atomic mass is 16.2. The summed E-state index contributed by atoms with van der Waals surface area (Å²) >= 11 is 0. The molecule has 21 heavy (non-hydrogen) atoms. The summed E-state index contributed by atoms with van der Waals surface area (Å²) < 4.78 is 0. The molecule has 1 aromatic heterocycles. The van der Waals surface area contributed by atoms with Gasteiger partial charge in [0.05, 0.1) is 5.56 Å². The molecule has 0 fully saturated rings. The van der Waals surface area contributed by atoms with Gasteiger partial charge in [0, 0.05) is 30.7 Å². The van der Waals surface area contributed by atoms with E-state index in [0.717, 1.165) is 11.1 Å². The number of hydrogen-bond acceptors (Lipinski definition) is 3. The molecule has 0 bridgehead atoms. The zero-order chi connectivity index (χ0) is 15.4. The summed E-state index contributed by atoms with van der Waals surface area (Å²) in [6, 6.07) is 9.59. The molecule has 0 saturated heterocycles. The molecular formula is C17H21N3O. The van der Waals surface area contributed by atoms with Gasteiger partial charge in [-0.25, -0.2) is 0 Å². The van der Waals surface area contributed by atoms with Gasteiger partial charge in [0.25, 0.3) is 5.91 Å². The maximum Gasteiger partial charge on any atom is 0.255 e. The summed E-state index contributed by atoms with van der Waals surface area (Å²) in [5, 5.41) is 0. The van der Waals surface area contributed by atoms with Gasteiger partial charge < -0.3 is 10.6 Å². The topological polar surface area (TPSA) is 59.2 Å². The lowest BCUT2D eigenvalue weighted by Crippen LogP contribution is -2.36. The second-order valence-electron chi connectivity index (χ2n) is 5.52. The molecule has 2 rings (SSSR count). The van der Waals surface area contributed by atoms with Crippen molar-refractivity contribution in [3.05, 3.63) is 59.4 Å². The standard InChI is InChI=1S/C17H21N3O/c1-12(2)20(11-14-5-4-6-16(18)8-14)17(21)15-7-13(3)9-19-10-15/h4-10,12H,11,18H2,1-3H3. The smallest absolute Gasteiger partial charge is 0.255 e. The van der Waals surface area contributed by atoms with E-state index >= 15 is 0 Å². The lowest BCUT2D eigenvalue weighted by atomic mass is 10.1. The zero-order valence-electron chi connectivity index (χ0n) is 12.7. The molecule has 0 radical (unpaired) electrons. The molecule has 0 aliphatic heterocycles. The molecule has 1 heterocycles. The molecule has 4 heteroatoms. The van der Waals surface area contributed by atoms with Gasteiger partial charge in [0.15, 0.2) is 0 Å². The van der Waals surface area contributed by atoms with Gasteiger partial charge in [-0.1, -0.05) is 12.1 Å². The molecule has 2 aromatic rings. The van der Waals surface area contributed by atoms with Crippen LogP contribution < -0.4 is 5.73 Å². The monoisotopic (exact) mass is 283 g/mol. The maximum absolute atomic E-state index is 12.7. The van der Waals surface area contributed by atoms with Crippen molar-refractivity contribution in [3.8, 4) is 0 Å². The van der Waals surface area contributed by atoms with Crippen LogP contribution in [0.1, 0.15) is 35.3 Å². The number of aromatic nitrogens is 1. The first kappa shape index (κ1) is 15.0. The molecule has 0 unspecified atom stereocenters. The minimum absolute atomic E-state index is 0.0105. The minimum atomic E-state index is -0.0105. The molecule has 0 spiro atoms. The van der Waals surface area contributed by atoms with Crippen molar-refractivity contribution in [2.45, 2.75) is 33.4 Å². The van der Waals surface area contributed by atoms with Gasteiger partial charge in [-0.3, -0.25) is 9.78 Å². The van der Waals surface area contributed by atoms with Crippen LogP contribution in [0.2, 0.25) is 0 Å². The van der Waals surface area contributed by atoms with Gasteiger partial charge in [0.2, 0.25) is 0 Å². The number of nitrogens with zero attached hydrogens (tertiary/aromatic N) is 2. The number of anilines is 1. The number of nitrogen functional groups attached to an aromatic ring is 1. The lowest BCUT2D eigenvalue weighted by Gasteiger charge is -2.27. The van der Waals surface area contributed by atoms with E-state index < -0.39 is 0 Å². The highest BCUT2D eigenvalue weighted by molar-refractivity contribution is 5.94. The normalized spacial score (nSPS) is 10.7. The minimum Gasteiger partial charge on any atom is -0.399 e. The van der Waals surface area contributed by atoms with E-state index in [1.807, 2.05) is 56.0 Å². The predicted molar refractivity (Wildman–Crippen MR) is 84.8 cm³/mol. The maximum atomic E-state index is 12.7. The quantitative estimate of drug-likeness (QED) is 0.877. The third kappa shape index (κ3) is 3.81. The number of benzene rings is 1. The van der Waals surface area contributed by atoms with Crippen molar-refractivity contribution in [1.29, 1.82) is 0 Å². The van der Waals surface area contributed by atoms with Gasteiger partial charge in [-0.15, -0.1) is 0 Å². The van der Waals surface area contributed by atoms with Crippen LogP contribution in [0.5, 0.6) is 0 Å². The van der Waals surface area contributed by atoms with Crippen LogP contribution in [-0.4, -0.2) is 21.8 Å². The van der Waals surface area contributed by atoms with Crippen LogP contribution in [-0.2, 0) is 6.54 Å². The van der Waals surface area contributed by atoms with Gasteiger partial charge in [-0.2, -0.15) is 0 Å². The third-order valence-electron chi connectivity index (χ3n) is 3.31. The second-order valence-corrected chi connectivity index (χ2v) is 5.52. The van der Waals surface area contributed by atoms with Crippen LogP contribution in [0.3, 0.4) is 0 Å². The van der Waals surface area contributed by atoms with Gasteiger partial charge >= 0.3 is 0 Å².